The fourth-order valence-corrected chi connectivity index (χ4v) is 1.68. The van der Waals surface area contributed by atoms with Gasteiger partial charge in [-0.25, -0.2) is 0 Å². The molecule has 0 radical (unpaired) electrons. The number of halogens is 1. The quantitative estimate of drug-likeness (QED) is 0.455. The molecule has 0 aliphatic heterocycles. The van der Waals surface area contributed by atoms with Gasteiger partial charge < -0.3 is 0 Å². The zero-order valence-corrected chi connectivity index (χ0v) is 9.92. The van der Waals surface area contributed by atoms with Crippen LogP contribution in [0.4, 0.5) is 0 Å². The van der Waals surface area contributed by atoms with Crippen LogP contribution in [0.1, 0.15) is 37.7 Å². The molecule has 0 unspecified atom stereocenters. The summed E-state index contributed by atoms with van der Waals surface area (Å²) >= 11 is 5.61. The van der Waals surface area contributed by atoms with Gasteiger partial charge in [-0.2, -0.15) is 0 Å². The van der Waals surface area contributed by atoms with Gasteiger partial charge in [-0.15, -0.1) is 11.6 Å². The first kappa shape index (κ1) is 12.3. The Balaban J connectivity index is 2.07. The first-order valence-electron chi connectivity index (χ1n) is 5.71. The van der Waals surface area contributed by atoms with E-state index in [1.807, 2.05) is 6.07 Å². The third-order valence-electron chi connectivity index (χ3n) is 2.36. The number of rotatable bonds is 7. The van der Waals surface area contributed by atoms with Crippen molar-refractivity contribution in [3.05, 3.63) is 42.0 Å². The minimum Gasteiger partial charge on any atom is -0.127 e. The number of hydrogen-bond acceptors (Lipinski definition) is 0. The highest BCUT2D eigenvalue weighted by Crippen LogP contribution is 2.07. The summed E-state index contributed by atoms with van der Waals surface area (Å²) < 4.78 is 0. The van der Waals surface area contributed by atoms with Crippen LogP contribution in [0.25, 0.3) is 6.08 Å². The highest BCUT2D eigenvalue weighted by molar-refractivity contribution is 6.17. The lowest BCUT2D eigenvalue weighted by Gasteiger charge is -1.95. The molecule has 0 amide bonds. The van der Waals surface area contributed by atoms with Crippen molar-refractivity contribution in [2.75, 3.05) is 5.88 Å². The molecule has 0 spiro atoms. The van der Waals surface area contributed by atoms with E-state index in [1.54, 1.807) is 0 Å². The van der Waals surface area contributed by atoms with Crippen molar-refractivity contribution in [2.24, 2.45) is 0 Å². The SMILES string of the molecule is ClCCCCCCC=Cc1ccccc1. The van der Waals surface area contributed by atoms with E-state index in [2.05, 4.69) is 36.4 Å². The Labute approximate surface area is 98.0 Å². The molecule has 1 heteroatoms. The van der Waals surface area contributed by atoms with Crippen LogP contribution in [-0.2, 0) is 0 Å². The topological polar surface area (TPSA) is 0 Å². The number of allylic oxidation sites excluding steroid dienone is 1. The van der Waals surface area contributed by atoms with E-state index in [0.29, 0.717) is 0 Å². The maximum absolute atomic E-state index is 5.61. The van der Waals surface area contributed by atoms with Crippen LogP contribution in [0, 0.1) is 0 Å². The standard InChI is InChI=1S/C14H19Cl/c15-13-9-4-2-1-3-6-10-14-11-7-5-8-12-14/h5-8,10-12H,1-4,9,13H2. The fraction of sp³-hybridized carbons (Fsp3) is 0.429. The summed E-state index contributed by atoms with van der Waals surface area (Å²) in [6.45, 7) is 0. The number of unbranched alkanes of at least 4 members (excludes halogenated alkanes) is 4. The molecule has 0 N–H and O–H groups in total. The van der Waals surface area contributed by atoms with Gasteiger partial charge in [-0.3, -0.25) is 0 Å². The molecule has 15 heavy (non-hydrogen) atoms. The molecule has 1 aromatic carbocycles. The molecule has 0 heterocycles. The molecule has 0 aliphatic rings. The monoisotopic (exact) mass is 222 g/mol. The number of hydrogen-bond donors (Lipinski definition) is 0. The highest BCUT2D eigenvalue weighted by Gasteiger charge is 1.87. The number of benzene rings is 1. The molecule has 82 valence electrons. The van der Waals surface area contributed by atoms with Crippen molar-refractivity contribution in [3.8, 4) is 0 Å². The van der Waals surface area contributed by atoms with Gasteiger partial charge in [0.25, 0.3) is 0 Å². The molecule has 0 fully saturated rings. The van der Waals surface area contributed by atoms with Gasteiger partial charge in [0.05, 0.1) is 0 Å². The lowest BCUT2D eigenvalue weighted by Crippen LogP contribution is -1.78. The first-order chi connectivity index (χ1) is 7.43. The summed E-state index contributed by atoms with van der Waals surface area (Å²) in [7, 11) is 0. The van der Waals surface area contributed by atoms with E-state index >= 15 is 0 Å². The lowest BCUT2D eigenvalue weighted by molar-refractivity contribution is 0.677. The van der Waals surface area contributed by atoms with Crippen LogP contribution in [0.15, 0.2) is 36.4 Å². The van der Waals surface area contributed by atoms with E-state index in [9.17, 15) is 0 Å². The zero-order chi connectivity index (χ0) is 10.8. The minimum absolute atomic E-state index is 0.805. The van der Waals surface area contributed by atoms with Crippen molar-refractivity contribution in [2.45, 2.75) is 32.1 Å². The van der Waals surface area contributed by atoms with Gasteiger partial charge >= 0.3 is 0 Å². The lowest BCUT2D eigenvalue weighted by atomic mass is 10.1. The van der Waals surface area contributed by atoms with E-state index in [1.165, 1.54) is 31.2 Å². The molecular weight excluding hydrogens is 204 g/mol. The summed E-state index contributed by atoms with van der Waals surface area (Å²) in [6, 6.07) is 10.4. The van der Waals surface area contributed by atoms with Crippen molar-refractivity contribution in [3.63, 3.8) is 0 Å². The van der Waals surface area contributed by atoms with E-state index in [4.69, 9.17) is 11.6 Å². The van der Waals surface area contributed by atoms with Crippen molar-refractivity contribution < 1.29 is 0 Å². The Hall–Kier alpha value is -0.750. The Bertz CT molecular complexity index is 264. The molecule has 0 saturated carbocycles. The Morgan fingerprint density at radius 2 is 1.67 bits per heavy atom. The second-order valence-corrected chi connectivity index (χ2v) is 4.08. The van der Waals surface area contributed by atoms with Crippen molar-refractivity contribution >= 4 is 17.7 Å². The summed E-state index contributed by atoms with van der Waals surface area (Å²) in [5.74, 6) is 0.805. The Kier molecular flexibility index (Phi) is 7.02. The predicted molar refractivity (Wildman–Crippen MR) is 69.3 cm³/mol. The summed E-state index contributed by atoms with van der Waals surface area (Å²) in [5, 5.41) is 0. The third kappa shape index (κ3) is 6.35. The molecule has 0 aromatic heterocycles. The molecule has 1 aromatic rings. The number of alkyl halides is 1. The fourth-order valence-electron chi connectivity index (χ4n) is 1.49. The zero-order valence-electron chi connectivity index (χ0n) is 9.16. The van der Waals surface area contributed by atoms with Crippen LogP contribution in [0.5, 0.6) is 0 Å². The Morgan fingerprint density at radius 1 is 0.933 bits per heavy atom. The van der Waals surface area contributed by atoms with Gasteiger partial charge in [0.1, 0.15) is 0 Å². The molecule has 0 nitrogen and oxygen atoms in total. The molecular formula is C14H19Cl. The summed E-state index contributed by atoms with van der Waals surface area (Å²) in [5.41, 5.74) is 1.29. The molecule has 0 bridgehead atoms. The second kappa shape index (κ2) is 8.55. The van der Waals surface area contributed by atoms with Crippen molar-refractivity contribution in [1.29, 1.82) is 0 Å². The summed E-state index contributed by atoms with van der Waals surface area (Å²) in [6.07, 6.45) is 10.6. The van der Waals surface area contributed by atoms with E-state index in [-0.39, 0.29) is 0 Å². The van der Waals surface area contributed by atoms with Gasteiger partial charge in [0, 0.05) is 5.88 Å². The Morgan fingerprint density at radius 3 is 2.40 bits per heavy atom. The largest absolute Gasteiger partial charge is 0.127 e. The maximum atomic E-state index is 5.61. The summed E-state index contributed by atoms with van der Waals surface area (Å²) in [4.78, 5) is 0. The molecule has 0 aliphatic carbocycles. The van der Waals surface area contributed by atoms with Crippen LogP contribution >= 0.6 is 11.6 Å². The van der Waals surface area contributed by atoms with Gasteiger partial charge in [0.15, 0.2) is 0 Å². The molecule has 0 saturated heterocycles. The molecule has 0 atom stereocenters. The smallest absolute Gasteiger partial charge is 0.0223 e. The second-order valence-electron chi connectivity index (χ2n) is 3.70. The van der Waals surface area contributed by atoms with Gasteiger partial charge in [-0.1, -0.05) is 55.3 Å². The minimum atomic E-state index is 0.805. The van der Waals surface area contributed by atoms with Gasteiger partial charge in [-0.05, 0) is 24.8 Å². The van der Waals surface area contributed by atoms with Crippen molar-refractivity contribution in [1.82, 2.24) is 0 Å². The predicted octanol–water partition coefficient (Wildman–Crippen LogP) is 4.89. The normalized spacial score (nSPS) is 11.0. The third-order valence-corrected chi connectivity index (χ3v) is 2.63. The molecule has 1 rings (SSSR count). The highest BCUT2D eigenvalue weighted by atomic mass is 35.5. The first-order valence-corrected chi connectivity index (χ1v) is 6.24. The van der Waals surface area contributed by atoms with Crippen LogP contribution in [0.2, 0.25) is 0 Å². The average Bonchev–Trinajstić information content (AvgIpc) is 2.29. The van der Waals surface area contributed by atoms with Crippen LogP contribution in [0.3, 0.4) is 0 Å². The van der Waals surface area contributed by atoms with E-state index < -0.39 is 0 Å². The maximum Gasteiger partial charge on any atom is 0.0223 e. The average molecular weight is 223 g/mol. The van der Waals surface area contributed by atoms with E-state index in [0.717, 1.165) is 12.3 Å². The van der Waals surface area contributed by atoms with Gasteiger partial charge in [0.2, 0.25) is 0 Å². The van der Waals surface area contributed by atoms with Crippen LogP contribution in [-0.4, -0.2) is 5.88 Å². The van der Waals surface area contributed by atoms with Crippen LogP contribution < -0.4 is 0 Å².